The van der Waals surface area contributed by atoms with E-state index in [9.17, 15) is 4.79 Å². The lowest BCUT2D eigenvalue weighted by molar-refractivity contribution is -0.124. The van der Waals surface area contributed by atoms with E-state index in [1.807, 2.05) is 13.8 Å². The second kappa shape index (κ2) is 8.50. The summed E-state index contributed by atoms with van der Waals surface area (Å²) in [5.74, 6) is 1.21. The normalized spacial score (nSPS) is 18.9. The summed E-state index contributed by atoms with van der Waals surface area (Å²) in [6, 6.07) is 0.307. The molecule has 1 N–H and O–H groups in total. The lowest BCUT2D eigenvalue weighted by Crippen LogP contribution is -2.39. The molecule has 0 radical (unpaired) electrons. The number of hydrogen-bond donors (Lipinski definition) is 1. The first kappa shape index (κ1) is 18.0. The zero-order chi connectivity index (χ0) is 17.6. The van der Waals surface area contributed by atoms with Crippen molar-refractivity contribution in [3.8, 4) is 5.88 Å². The smallest absolute Gasteiger partial charge is 0.258 e. The summed E-state index contributed by atoms with van der Waals surface area (Å²) < 4.78 is 5.76. The number of aromatic nitrogens is 2. The van der Waals surface area contributed by atoms with E-state index in [1.165, 1.54) is 38.5 Å². The number of carbonyl (C=O) groups excluding carboxylic acids is 1. The average molecular weight is 346 g/mol. The van der Waals surface area contributed by atoms with Gasteiger partial charge in [0.25, 0.3) is 5.91 Å². The van der Waals surface area contributed by atoms with E-state index in [2.05, 4.69) is 20.2 Å². The van der Waals surface area contributed by atoms with Crippen LogP contribution in [0.25, 0.3) is 0 Å². The van der Waals surface area contributed by atoms with Gasteiger partial charge in [0.1, 0.15) is 0 Å². The number of nitrogens with one attached hydrogen (secondary N) is 1. The van der Waals surface area contributed by atoms with Crippen LogP contribution in [0.5, 0.6) is 5.88 Å². The number of piperidine rings is 1. The molecule has 1 aromatic heterocycles. The van der Waals surface area contributed by atoms with Crippen LogP contribution in [0.1, 0.15) is 62.6 Å². The quantitative estimate of drug-likeness (QED) is 0.888. The monoisotopic (exact) mass is 346 g/mol. The topological polar surface area (TPSA) is 67.3 Å². The van der Waals surface area contributed by atoms with Crippen molar-refractivity contribution in [1.82, 2.24) is 15.3 Å². The van der Waals surface area contributed by atoms with Gasteiger partial charge in [-0.15, -0.1) is 0 Å². The van der Waals surface area contributed by atoms with Crippen LogP contribution in [0, 0.1) is 13.8 Å². The Hall–Kier alpha value is -1.85. The second-order valence-corrected chi connectivity index (χ2v) is 7.28. The van der Waals surface area contributed by atoms with Gasteiger partial charge in [-0.25, -0.2) is 4.98 Å². The Labute approximate surface area is 150 Å². The molecule has 0 atom stereocenters. The third-order valence-electron chi connectivity index (χ3n) is 5.28. The molecule has 2 aliphatic rings. The van der Waals surface area contributed by atoms with Gasteiger partial charge in [0.05, 0.1) is 0 Å². The van der Waals surface area contributed by atoms with Gasteiger partial charge in [-0.1, -0.05) is 19.3 Å². The average Bonchev–Trinajstić information content (AvgIpc) is 2.64. The van der Waals surface area contributed by atoms with Crippen LogP contribution >= 0.6 is 0 Å². The zero-order valence-electron chi connectivity index (χ0n) is 15.5. The lowest BCUT2D eigenvalue weighted by Gasteiger charge is -2.27. The summed E-state index contributed by atoms with van der Waals surface area (Å²) >= 11 is 0. The molecule has 2 heterocycles. The van der Waals surface area contributed by atoms with Crippen molar-refractivity contribution in [2.24, 2.45) is 0 Å². The molecule has 1 saturated carbocycles. The number of amides is 1. The van der Waals surface area contributed by atoms with Gasteiger partial charge < -0.3 is 15.0 Å². The van der Waals surface area contributed by atoms with Crippen molar-refractivity contribution in [2.45, 2.75) is 71.3 Å². The molecule has 0 unspecified atom stereocenters. The Balaban J connectivity index is 1.60. The molecule has 6 heteroatoms. The van der Waals surface area contributed by atoms with Crippen LogP contribution in [-0.2, 0) is 4.79 Å². The number of anilines is 1. The van der Waals surface area contributed by atoms with Crippen molar-refractivity contribution in [3.63, 3.8) is 0 Å². The molecule has 0 aromatic carbocycles. The van der Waals surface area contributed by atoms with Crippen LogP contribution in [0.15, 0.2) is 0 Å². The number of rotatable bonds is 5. The highest BCUT2D eigenvalue weighted by Gasteiger charge is 2.19. The maximum atomic E-state index is 12.2. The second-order valence-electron chi connectivity index (χ2n) is 7.28. The molecule has 3 rings (SSSR count). The van der Waals surface area contributed by atoms with E-state index in [-0.39, 0.29) is 12.5 Å². The molecule has 138 valence electrons. The molecule has 1 aromatic rings. The summed E-state index contributed by atoms with van der Waals surface area (Å²) in [6.45, 7) is 5.92. The fourth-order valence-corrected chi connectivity index (χ4v) is 3.61. The summed E-state index contributed by atoms with van der Waals surface area (Å²) in [7, 11) is 0. The predicted molar refractivity (Wildman–Crippen MR) is 98.1 cm³/mol. The fourth-order valence-electron chi connectivity index (χ4n) is 3.61. The fraction of sp³-hybridized carbons (Fsp3) is 0.737. The van der Waals surface area contributed by atoms with Crippen molar-refractivity contribution in [2.75, 3.05) is 24.6 Å². The molecule has 25 heavy (non-hydrogen) atoms. The molecule has 1 amide bonds. The van der Waals surface area contributed by atoms with Crippen LogP contribution in [0.2, 0.25) is 0 Å². The standard InChI is InChI=1S/C19H30N4O2/c1-14-15(2)20-19(23-11-7-4-8-12-23)22-18(14)25-13-17(24)21-16-9-5-3-6-10-16/h16H,3-13H2,1-2H3,(H,21,24). The number of nitrogens with zero attached hydrogens (tertiary/aromatic N) is 3. The Morgan fingerprint density at radius 1 is 1.08 bits per heavy atom. The van der Waals surface area contributed by atoms with Crippen molar-refractivity contribution >= 4 is 11.9 Å². The summed E-state index contributed by atoms with van der Waals surface area (Å²) in [5.41, 5.74) is 1.82. The predicted octanol–water partition coefficient (Wildman–Crippen LogP) is 2.91. The number of aryl methyl sites for hydroxylation is 1. The Morgan fingerprint density at radius 2 is 1.76 bits per heavy atom. The van der Waals surface area contributed by atoms with E-state index in [0.717, 1.165) is 43.1 Å². The minimum absolute atomic E-state index is 0.0211. The molecule has 1 aliphatic heterocycles. The molecular weight excluding hydrogens is 316 g/mol. The molecular formula is C19H30N4O2. The number of ether oxygens (including phenoxy) is 1. The van der Waals surface area contributed by atoms with E-state index >= 15 is 0 Å². The van der Waals surface area contributed by atoms with Gasteiger partial charge >= 0.3 is 0 Å². The number of carbonyl (C=O) groups is 1. The Kier molecular flexibility index (Phi) is 6.10. The van der Waals surface area contributed by atoms with E-state index in [1.54, 1.807) is 0 Å². The largest absolute Gasteiger partial charge is 0.467 e. The molecule has 6 nitrogen and oxygen atoms in total. The molecule has 2 fully saturated rings. The van der Waals surface area contributed by atoms with E-state index in [4.69, 9.17) is 4.74 Å². The highest BCUT2D eigenvalue weighted by Crippen LogP contribution is 2.23. The third-order valence-corrected chi connectivity index (χ3v) is 5.28. The van der Waals surface area contributed by atoms with Crippen LogP contribution < -0.4 is 15.0 Å². The zero-order valence-corrected chi connectivity index (χ0v) is 15.5. The molecule has 1 saturated heterocycles. The van der Waals surface area contributed by atoms with E-state index in [0.29, 0.717) is 11.9 Å². The molecule has 1 aliphatic carbocycles. The van der Waals surface area contributed by atoms with Gasteiger partial charge in [-0.3, -0.25) is 4.79 Å². The van der Waals surface area contributed by atoms with Crippen LogP contribution in [0.4, 0.5) is 5.95 Å². The molecule has 0 spiro atoms. The third kappa shape index (κ3) is 4.83. The summed E-state index contributed by atoms with van der Waals surface area (Å²) in [5, 5.41) is 3.08. The van der Waals surface area contributed by atoms with Crippen molar-refractivity contribution in [1.29, 1.82) is 0 Å². The Morgan fingerprint density at radius 3 is 2.48 bits per heavy atom. The minimum Gasteiger partial charge on any atom is -0.467 e. The first-order valence-electron chi connectivity index (χ1n) is 9.66. The highest BCUT2D eigenvalue weighted by molar-refractivity contribution is 5.77. The number of hydrogen-bond acceptors (Lipinski definition) is 5. The SMILES string of the molecule is Cc1nc(N2CCCCC2)nc(OCC(=O)NC2CCCCC2)c1C. The first-order chi connectivity index (χ1) is 12.1. The van der Waals surface area contributed by atoms with Gasteiger partial charge in [-0.2, -0.15) is 4.98 Å². The van der Waals surface area contributed by atoms with Crippen molar-refractivity contribution < 1.29 is 9.53 Å². The minimum atomic E-state index is -0.0536. The van der Waals surface area contributed by atoms with E-state index < -0.39 is 0 Å². The van der Waals surface area contributed by atoms with Gasteiger partial charge in [-0.05, 0) is 46.0 Å². The highest BCUT2D eigenvalue weighted by atomic mass is 16.5. The van der Waals surface area contributed by atoms with Crippen LogP contribution in [-0.4, -0.2) is 41.6 Å². The van der Waals surface area contributed by atoms with Crippen LogP contribution in [0.3, 0.4) is 0 Å². The van der Waals surface area contributed by atoms with Crippen molar-refractivity contribution in [3.05, 3.63) is 11.3 Å². The maximum absolute atomic E-state index is 12.2. The molecule has 0 bridgehead atoms. The lowest BCUT2D eigenvalue weighted by atomic mass is 9.95. The van der Waals surface area contributed by atoms with Gasteiger partial charge in [0.2, 0.25) is 11.8 Å². The van der Waals surface area contributed by atoms with Gasteiger partial charge in [0, 0.05) is 30.4 Å². The summed E-state index contributed by atoms with van der Waals surface area (Å²) in [4.78, 5) is 23.6. The van der Waals surface area contributed by atoms with Gasteiger partial charge in [0.15, 0.2) is 6.61 Å². The Bertz CT molecular complexity index is 593. The first-order valence-corrected chi connectivity index (χ1v) is 9.66. The maximum Gasteiger partial charge on any atom is 0.258 e. The summed E-state index contributed by atoms with van der Waals surface area (Å²) in [6.07, 6.45) is 9.47.